The Labute approximate surface area is 252 Å². The molecule has 2 rings (SSSR count). The molecule has 2 aromatic carbocycles. The Morgan fingerprint density at radius 1 is 0.868 bits per heavy atom. The topological polar surface area (TPSA) is 99.0 Å². The van der Waals surface area contributed by atoms with Crippen LogP contribution >= 0.6 is 0 Å². The molecule has 0 spiro atoms. The first-order chi connectivity index (χ1) is 17.9. The zero-order valence-corrected chi connectivity index (χ0v) is 26.4. The minimum atomic E-state index is -4.04. The van der Waals surface area contributed by atoms with Crippen LogP contribution in [0.3, 0.4) is 0 Å². The molecule has 0 amide bonds. The van der Waals surface area contributed by atoms with Gasteiger partial charge in [-0.2, -0.15) is 8.42 Å². The Balaban J connectivity index is 0.00000722. The van der Waals surface area contributed by atoms with Crippen molar-refractivity contribution in [1.29, 1.82) is 0 Å². The predicted molar refractivity (Wildman–Crippen MR) is 152 cm³/mol. The number of unbranched alkanes of at least 4 members (excludes halogenated alkanes) is 11. The third-order valence-electron chi connectivity index (χ3n) is 6.80. The van der Waals surface area contributed by atoms with E-state index in [1.54, 1.807) is 0 Å². The van der Waals surface area contributed by atoms with Crippen LogP contribution in [0.1, 0.15) is 103 Å². The number of hydrogen-bond acceptors (Lipinski definition) is 5. The van der Waals surface area contributed by atoms with E-state index >= 15 is 0 Å². The van der Waals surface area contributed by atoms with Crippen molar-refractivity contribution in [2.24, 2.45) is 4.99 Å². The van der Waals surface area contributed by atoms with Crippen LogP contribution in [0.15, 0.2) is 47.5 Å². The molecule has 0 bridgehead atoms. The molecule has 6 nitrogen and oxygen atoms in total. The molecule has 1 atom stereocenters. The normalized spacial score (nSPS) is 12.8. The second-order valence-electron chi connectivity index (χ2n) is 9.97. The molecule has 0 aliphatic heterocycles. The van der Waals surface area contributed by atoms with E-state index in [0.717, 1.165) is 37.9 Å². The van der Waals surface area contributed by atoms with Gasteiger partial charge in [0.15, 0.2) is 0 Å². The van der Waals surface area contributed by atoms with Crippen LogP contribution in [-0.2, 0) is 10.1 Å². The van der Waals surface area contributed by atoms with Crippen LogP contribution in [0, 0.1) is 0 Å². The van der Waals surface area contributed by atoms with Gasteiger partial charge in [0.2, 0.25) is 0 Å². The molecule has 0 radical (unpaired) electrons. The monoisotopic (exact) mass is 555 g/mol. The summed E-state index contributed by atoms with van der Waals surface area (Å²) in [6.07, 6.45) is 17.1. The second kappa shape index (κ2) is 20.7. The summed E-state index contributed by atoms with van der Waals surface area (Å²) in [6, 6.07) is 14.7. The van der Waals surface area contributed by atoms with Crippen LogP contribution in [-0.4, -0.2) is 37.3 Å². The van der Waals surface area contributed by atoms with Gasteiger partial charge < -0.3 is 14.8 Å². The Kier molecular flexibility index (Phi) is 19.0. The average molecular weight is 556 g/mol. The zero-order valence-electron chi connectivity index (χ0n) is 23.6. The number of rotatable bonds is 21. The Bertz CT molecular complexity index is 1020. The summed E-state index contributed by atoms with van der Waals surface area (Å²) in [5.41, 5.74) is 0. The summed E-state index contributed by atoms with van der Waals surface area (Å²) in [5.74, 6) is 0.244. The molecular weight excluding hydrogens is 509 g/mol. The number of aliphatic imine (C=N–C) groups is 1. The first-order valence-corrected chi connectivity index (χ1v) is 15.8. The molecule has 0 aliphatic carbocycles. The third-order valence-corrected chi connectivity index (χ3v) is 7.50. The van der Waals surface area contributed by atoms with Gasteiger partial charge in [-0.25, -0.2) is 0 Å². The summed E-state index contributed by atoms with van der Waals surface area (Å²) in [6.45, 7) is 2.06. The van der Waals surface area contributed by atoms with Crippen LogP contribution in [0.25, 0.3) is 10.8 Å². The van der Waals surface area contributed by atoms with Crippen LogP contribution in [0.4, 0.5) is 0 Å². The van der Waals surface area contributed by atoms with Crippen molar-refractivity contribution in [2.75, 3.05) is 12.3 Å². The van der Waals surface area contributed by atoms with E-state index in [4.69, 9.17) is 9.29 Å². The van der Waals surface area contributed by atoms with Gasteiger partial charge in [-0.3, -0.25) is 4.55 Å². The molecule has 0 heterocycles. The summed E-state index contributed by atoms with van der Waals surface area (Å²) in [4.78, 5) is 3.66. The van der Waals surface area contributed by atoms with Crippen molar-refractivity contribution in [3.63, 3.8) is 0 Å². The standard InChI is InChI=1S/C30H47NO5S.Na/c1-2-27(36-29-22-17-19-26-18-15-16-21-28(26)29)20-13-11-9-7-5-3-4-6-8-10-12-14-23-30(32)31-24-25-37(33,34)35;/h15-19,21-22,27H,2-14,20,23-25H2,1H3,(H,31,32)(H,33,34,35);/q;+1/p-1. The van der Waals surface area contributed by atoms with E-state index in [9.17, 15) is 13.5 Å². The number of hydrogen-bond donors (Lipinski definition) is 1. The molecule has 0 aliphatic rings. The number of nitrogens with zero attached hydrogens (tertiary/aromatic N) is 1. The Hall–Kier alpha value is -1.12. The van der Waals surface area contributed by atoms with Crippen molar-refractivity contribution in [3.8, 4) is 5.75 Å². The molecule has 0 saturated carbocycles. The largest absolute Gasteiger partial charge is 1.00 e. The maximum atomic E-state index is 11.5. The van der Waals surface area contributed by atoms with Gasteiger partial charge in [0, 0.05) is 5.39 Å². The SMILES string of the molecule is CCC(CCCCCCCCCCCCCCC([O-])=NCCS(=O)(=O)O)Oc1cccc2ccccc12.[Na+]. The molecular formula is C30H46NNaO5S. The van der Waals surface area contributed by atoms with Crippen molar-refractivity contribution in [2.45, 2.75) is 109 Å². The quantitative estimate of drug-likeness (QED) is 0.0822. The van der Waals surface area contributed by atoms with E-state index in [2.05, 4.69) is 54.4 Å². The van der Waals surface area contributed by atoms with Gasteiger partial charge in [0.1, 0.15) is 5.75 Å². The van der Waals surface area contributed by atoms with Crippen LogP contribution < -0.4 is 39.4 Å². The molecule has 2 aromatic rings. The van der Waals surface area contributed by atoms with Crippen molar-refractivity contribution in [3.05, 3.63) is 42.5 Å². The van der Waals surface area contributed by atoms with E-state index in [1.807, 2.05) is 0 Å². The molecule has 0 saturated heterocycles. The van der Waals surface area contributed by atoms with Gasteiger partial charge in [-0.05, 0) is 49.5 Å². The summed E-state index contributed by atoms with van der Waals surface area (Å²) in [7, 11) is -4.04. The fraction of sp³-hybridized carbons (Fsp3) is 0.633. The first kappa shape index (κ1) is 34.9. The van der Waals surface area contributed by atoms with Gasteiger partial charge in [-0.1, -0.05) is 108 Å². The molecule has 0 aromatic heterocycles. The van der Waals surface area contributed by atoms with Crippen molar-refractivity contribution < 1.29 is 52.4 Å². The molecule has 8 heteroatoms. The van der Waals surface area contributed by atoms with E-state index < -0.39 is 15.9 Å². The Morgan fingerprint density at radius 2 is 1.42 bits per heavy atom. The predicted octanol–water partition coefficient (Wildman–Crippen LogP) is 4.11. The van der Waals surface area contributed by atoms with Gasteiger partial charge >= 0.3 is 29.6 Å². The fourth-order valence-electron chi connectivity index (χ4n) is 4.61. The van der Waals surface area contributed by atoms with Crippen LogP contribution in [0.2, 0.25) is 0 Å². The van der Waals surface area contributed by atoms with E-state index in [0.29, 0.717) is 6.42 Å². The second-order valence-corrected chi connectivity index (χ2v) is 11.5. The maximum absolute atomic E-state index is 11.5. The minimum absolute atomic E-state index is 0. The molecule has 0 fully saturated rings. The van der Waals surface area contributed by atoms with Gasteiger partial charge in [0.25, 0.3) is 10.1 Å². The summed E-state index contributed by atoms with van der Waals surface area (Å²) < 4.78 is 36.2. The first-order valence-electron chi connectivity index (χ1n) is 14.2. The molecule has 38 heavy (non-hydrogen) atoms. The summed E-state index contributed by atoms with van der Waals surface area (Å²) >= 11 is 0. The summed E-state index contributed by atoms with van der Waals surface area (Å²) in [5, 5.41) is 14.0. The smallest absolute Gasteiger partial charge is 0.862 e. The third kappa shape index (κ3) is 16.1. The minimum Gasteiger partial charge on any atom is -0.862 e. The molecule has 208 valence electrons. The fourth-order valence-corrected chi connectivity index (χ4v) is 4.93. The Morgan fingerprint density at radius 3 is 2.03 bits per heavy atom. The van der Waals surface area contributed by atoms with Crippen molar-refractivity contribution in [1.82, 2.24) is 0 Å². The average Bonchev–Trinajstić information content (AvgIpc) is 2.87. The van der Waals surface area contributed by atoms with E-state index in [-0.39, 0.29) is 48.1 Å². The number of fused-ring (bicyclic) bond motifs is 1. The zero-order chi connectivity index (χ0) is 26.8. The van der Waals surface area contributed by atoms with Gasteiger partial charge in [0.05, 0.1) is 18.4 Å². The number of benzene rings is 2. The van der Waals surface area contributed by atoms with E-state index in [1.165, 1.54) is 68.6 Å². The molecule has 1 unspecified atom stereocenters. The number of ether oxygens (including phenoxy) is 1. The van der Waals surface area contributed by atoms with Crippen LogP contribution in [0.5, 0.6) is 5.75 Å². The van der Waals surface area contributed by atoms with Gasteiger partial charge in [-0.15, -0.1) is 0 Å². The maximum Gasteiger partial charge on any atom is 1.00 e. The van der Waals surface area contributed by atoms with Crippen molar-refractivity contribution >= 4 is 26.8 Å². The molecule has 1 N–H and O–H groups in total.